The van der Waals surface area contributed by atoms with Crippen LogP contribution in [0.3, 0.4) is 0 Å². The number of hydrogen-bond acceptors (Lipinski definition) is 5. The molecular formula is C26H32N4O3. The van der Waals surface area contributed by atoms with Crippen molar-refractivity contribution < 1.29 is 9.90 Å². The van der Waals surface area contributed by atoms with E-state index in [1.165, 1.54) is 0 Å². The van der Waals surface area contributed by atoms with Crippen LogP contribution in [0.25, 0.3) is 22.3 Å². The molecule has 1 atom stereocenters. The minimum atomic E-state index is -0.835. The van der Waals surface area contributed by atoms with Crippen molar-refractivity contribution in [3.63, 3.8) is 0 Å². The number of nitrogens with one attached hydrogen (secondary N) is 1. The highest BCUT2D eigenvalue weighted by molar-refractivity contribution is 5.83. The molecule has 0 spiro atoms. The molecule has 0 saturated carbocycles. The third-order valence-electron chi connectivity index (χ3n) is 5.08. The first kappa shape index (κ1) is 25.5. The maximum absolute atomic E-state index is 12.6. The van der Waals surface area contributed by atoms with Crippen molar-refractivity contribution in [2.75, 3.05) is 0 Å². The zero-order chi connectivity index (χ0) is 24.5. The number of carboxylic acid groups (broad SMARTS) is 1. The summed E-state index contributed by atoms with van der Waals surface area (Å²) in [6.45, 7) is 8.12. The van der Waals surface area contributed by atoms with Crippen LogP contribution in [-0.4, -0.2) is 26.7 Å². The normalized spacial score (nSPS) is 14.2. The Morgan fingerprint density at radius 1 is 1.18 bits per heavy atom. The lowest BCUT2D eigenvalue weighted by atomic mass is 10.1. The monoisotopic (exact) mass is 448 g/mol. The molecule has 0 bridgehead atoms. The minimum Gasteiger partial charge on any atom is -0.479 e. The molecule has 2 heterocycles. The van der Waals surface area contributed by atoms with Crippen molar-refractivity contribution in [3.8, 4) is 11.4 Å². The molecule has 33 heavy (non-hydrogen) atoms. The Hall–Kier alpha value is -3.71. The van der Waals surface area contributed by atoms with Gasteiger partial charge in [-0.3, -0.25) is 9.36 Å². The Kier molecular flexibility index (Phi) is 9.12. The number of carbonyl (C=O) groups is 1. The lowest BCUT2D eigenvalue weighted by Crippen LogP contribution is -2.35. The number of allylic oxidation sites excluding steroid dienone is 2. The van der Waals surface area contributed by atoms with Crippen molar-refractivity contribution in [2.45, 2.75) is 40.3 Å². The first-order chi connectivity index (χ1) is 15.8. The predicted octanol–water partition coefficient (Wildman–Crippen LogP) is 3.90. The molecule has 7 nitrogen and oxygen atoms in total. The van der Waals surface area contributed by atoms with Crippen molar-refractivity contribution in [2.24, 2.45) is 12.8 Å². The van der Waals surface area contributed by atoms with E-state index < -0.39 is 12.0 Å². The van der Waals surface area contributed by atoms with Crippen LogP contribution in [0.5, 0.6) is 0 Å². The molecule has 1 unspecified atom stereocenters. The number of dihydropyridines is 1. The Bertz CT molecular complexity index is 1230. The third-order valence-corrected chi connectivity index (χ3v) is 5.08. The van der Waals surface area contributed by atoms with Gasteiger partial charge >= 0.3 is 5.97 Å². The van der Waals surface area contributed by atoms with Crippen LogP contribution in [0.1, 0.15) is 31.9 Å². The number of nitrogens with two attached hydrogens (primary N) is 1. The average Bonchev–Trinajstić information content (AvgIpc) is 2.83. The van der Waals surface area contributed by atoms with E-state index in [0.717, 1.165) is 22.3 Å². The summed E-state index contributed by atoms with van der Waals surface area (Å²) in [4.78, 5) is 27.8. The van der Waals surface area contributed by atoms with E-state index in [4.69, 9.17) is 15.8 Å². The van der Waals surface area contributed by atoms with Gasteiger partial charge < -0.3 is 16.2 Å². The zero-order valence-electron chi connectivity index (χ0n) is 19.8. The quantitative estimate of drug-likeness (QED) is 0.561. The molecule has 2 aromatic carbocycles. The lowest BCUT2D eigenvalue weighted by molar-refractivity contribution is -0.138. The number of nitrogens with zero attached hydrogens (tertiary/aromatic N) is 2. The van der Waals surface area contributed by atoms with Gasteiger partial charge in [0, 0.05) is 19.2 Å². The number of fused-ring (bicyclic) bond motifs is 1. The molecule has 0 saturated heterocycles. The molecule has 0 aliphatic carbocycles. The summed E-state index contributed by atoms with van der Waals surface area (Å²) < 4.78 is 1.59. The summed E-state index contributed by atoms with van der Waals surface area (Å²) in [5, 5.41) is 11.9. The molecule has 0 radical (unpaired) electrons. The maximum atomic E-state index is 12.6. The third kappa shape index (κ3) is 5.96. The fourth-order valence-corrected chi connectivity index (χ4v) is 3.45. The Balaban J connectivity index is 0.000000270. The molecular weight excluding hydrogens is 416 g/mol. The molecule has 4 rings (SSSR count). The predicted molar refractivity (Wildman–Crippen MR) is 134 cm³/mol. The molecule has 0 fully saturated rings. The number of aryl methyl sites for hydroxylation is 1. The first-order valence-electron chi connectivity index (χ1n) is 10.9. The lowest BCUT2D eigenvalue weighted by Gasteiger charge is -2.15. The second kappa shape index (κ2) is 11.8. The van der Waals surface area contributed by atoms with Crippen molar-refractivity contribution in [1.82, 2.24) is 14.9 Å². The molecule has 4 N–H and O–H groups in total. The Morgan fingerprint density at radius 2 is 1.85 bits per heavy atom. The van der Waals surface area contributed by atoms with Gasteiger partial charge in [0.15, 0.2) is 0 Å². The van der Waals surface area contributed by atoms with E-state index in [2.05, 4.69) is 5.32 Å². The van der Waals surface area contributed by atoms with E-state index in [0.29, 0.717) is 23.3 Å². The number of aliphatic carboxylic acids is 1. The fourth-order valence-electron chi connectivity index (χ4n) is 3.45. The van der Waals surface area contributed by atoms with Gasteiger partial charge in [-0.1, -0.05) is 56.3 Å². The number of aromatic nitrogens is 2. The summed E-state index contributed by atoms with van der Waals surface area (Å²) in [5.74, 6) is -0.176. The number of carboxylic acids is 1. The summed E-state index contributed by atoms with van der Waals surface area (Å²) >= 11 is 0. The molecule has 1 aromatic heterocycles. The zero-order valence-corrected chi connectivity index (χ0v) is 19.8. The second-order valence-electron chi connectivity index (χ2n) is 7.40. The number of rotatable bonds is 3. The van der Waals surface area contributed by atoms with E-state index in [1.54, 1.807) is 36.9 Å². The molecule has 1 aliphatic rings. The van der Waals surface area contributed by atoms with Gasteiger partial charge in [0.2, 0.25) is 0 Å². The minimum absolute atomic E-state index is 0.0442. The highest BCUT2D eigenvalue weighted by Crippen LogP contribution is 2.21. The highest BCUT2D eigenvalue weighted by atomic mass is 16.4. The van der Waals surface area contributed by atoms with Gasteiger partial charge in [0.05, 0.1) is 10.9 Å². The Labute approximate surface area is 194 Å². The van der Waals surface area contributed by atoms with E-state index in [1.807, 2.05) is 63.2 Å². The van der Waals surface area contributed by atoms with Crippen LogP contribution >= 0.6 is 0 Å². The topological polar surface area (TPSA) is 110 Å². The van der Waals surface area contributed by atoms with Gasteiger partial charge in [-0.05, 0) is 48.9 Å². The maximum Gasteiger partial charge on any atom is 0.330 e. The largest absolute Gasteiger partial charge is 0.479 e. The smallest absolute Gasteiger partial charge is 0.330 e. The fraction of sp³-hybridized carbons (Fsp3) is 0.269. The summed E-state index contributed by atoms with van der Waals surface area (Å²) in [7, 11) is 1.75. The van der Waals surface area contributed by atoms with Crippen LogP contribution in [0.2, 0.25) is 0 Å². The summed E-state index contributed by atoms with van der Waals surface area (Å²) in [5.41, 5.74) is 10.1. The van der Waals surface area contributed by atoms with Gasteiger partial charge in [-0.15, -0.1) is 0 Å². The van der Waals surface area contributed by atoms with Crippen LogP contribution in [0.4, 0.5) is 0 Å². The van der Waals surface area contributed by atoms with Crippen LogP contribution in [0.15, 0.2) is 71.2 Å². The van der Waals surface area contributed by atoms with Crippen LogP contribution < -0.4 is 16.6 Å². The van der Waals surface area contributed by atoms with Crippen LogP contribution in [-0.2, 0) is 18.4 Å². The van der Waals surface area contributed by atoms with Crippen molar-refractivity contribution in [3.05, 3.63) is 87.9 Å². The highest BCUT2D eigenvalue weighted by Gasteiger charge is 2.18. The second-order valence-corrected chi connectivity index (χ2v) is 7.40. The first-order valence-corrected chi connectivity index (χ1v) is 10.9. The standard InChI is InChI=1S/C17H17N3O.C7H9NO2.C2H6/c1-11-8-13(10-18)15-14(9-11)17(21)20(2)16(19-15)12-6-4-3-5-7-12;1-5-3-2-4-8-6(5)7(9)10;1-2/h3-9H,10,18H2,1-2H3;2-4,6,8H,1H3,(H,9,10);1-2H3. The van der Waals surface area contributed by atoms with E-state index in [9.17, 15) is 9.59 Å². The van der Waals surface area contributed by atoms with Gasteiger partial charge in [0.25, 0.3) is 5.56 Å². The van der Waals surface area contributed by atoms with Gasteiger partial charge in [-0.25, -0.2) is 9.78 Å². The molecule has 0 amide bonds. The molecule has 174 valence electrons. The molecule has 3 aromatic rings. The van der Waals surface area contributed by atoms with E-state index >= 15 is 0 Å². The van der Waals surface area contributed by atoms with Crippen molar-refractivity contribution >= 4 is 16.9 Å². The van der Waals surface area contributed by atoms with Gasteiger partial charge in [-0.2, -0.15) is 0 Å². The summed E-state index contributed by atoms with van der Waals surface area (Å²) in [6, 6.07) is 13.0. The van der Waals surface area contributed by atoms with Gasteiger partial charge in [0.1, 0.15) is 11.9 Å². The number of hydrogen-bond donors (Lipinski definition) is 3. The average molecular weight is 449 g/mol. The van der Waals surface area contributed by atoms with E-state index in [-0.39, 0.29) is 5.56 Å². The SMILES string of the molecule is CC.CC1=CC=CNC1C(=O)O.Cc1cc(CN)c2nc(-c3ccccc3)n(C)c(=O)c2c1. The number of benzene rings is 2. The molecule has 1 aliphatic heterocycles. The van der Waals surface area contributed by atoms with Crippen LogP contribution in [0, 0.1) is 6.92 Å². The summed E-state index contributed by atoms with van der Waals surface area (Å²) in [6.07, 6.45) is 5.20. The van der Waals surface area contributed by atoms with Crippen molar-refractivity contribution in [1.29, 1.82) is 0 Å². The Morgan fingerprint density at radius 3 is 2.39 bits per heavy atom. The molecule has 7 heteroatoms.